The number of anilines is 1. The van der Waals surface area contributed by atoms with E-state index < -0.39 is 0 Å². The second-order valence-electron chi connectivity index (χ2n) is 6.52. The summed E-state index contributed by atoms with van der Waals surface area (Å²) in [5, 5.41) is 0. The van der Waals surface area contributed by atoms with E-state index in [0.717, 1.165) is 19.5 Å². The third kappa shape index (κ3) is 4.72. The van der Waals surface area contributed by atoms with Gasteiger partial charge >= 0.3 is 0 Å². The van der Waals surface area contributed by atoms with Crippen molar-refractivity contribution in [3.8, 4) is 0 Å². The van der Waals surface area contributed by atoms with Crippen molar-refractivity contribution < 1.29 is 0 Å². The molecule has 1 aliphatic heterocycles. The van der Waals surface area contributed by atoms with Gasteiger partial charge in [-0.05, 0) is 57.4 Å². The van der Waals surface area contributed by atoms with Crippen LogP contribution in [0.15, 0.2) is 18.2 Å². The molecule has 118 valence electrons. The van der Waals surface area contributed by atoms with Crippen LogP contribution in [0.3, 0.4) is 0 Å². The fraction of sp³-hybridized carbons (Fsp3) is 0.667. The summed E-state index contributed by atoms with van der Waals surface area (Å²) >= 11 is 0. The molecule has 0 saturated carbocycles. The monoisotopic (exact) mass is 289 g/mol. The number of hydrogen-bond donors (Lipinski definition) is 1. The summed E-state index contributed by atoms with van der Waals surface area (Å²) in [5.74, 6) is 0. The van der Waals surface area contributed by atoms with Crippen LogP contribution in [0.25, 0.3) is 0 Å². The van der Waals surface area contributed by atoms with E-state index in [1.807, 2.05) is 0 Å². The Hall–Kier alpha value is -1.06. The van der Waals surface area contributed by atoms with Crippen molar-refractivity contribution in [2.45, 2.75) is 46.1 Å². The van der Waals surface area contributed by atoms with Crippen LogP contribution in [0.5, 0.6) is 0 Å². The van der Waals surface area contributed by atoms with Gasteiger partial charge in [0.05, 0.1) is 0 Å². The van der Waals surface area contributed by atoms with E-state index in [1.54, 1.807) is 0 Å². The van der Waals surface area contributed by atoms with Gasteiger partial charge in [-0.15, -0.1) is 0 Å². The number of nitrogens with two attached hydrogens (primary N) is 1. The van der Waals surface area contributed by atoms with Crippen molar-refractivity contribution in [1.29, 1.82) is 0 Å². The molecule has 1 unspecified atom stereocenters. The number of hydrogen-bond acceptors (Lipinski definition) is 3. The minimum absolute atomic E-state index is 0.353. The maximum Gasteiger partial charge on any atom is 0.0399 e. The molecule has 0 aliphatic carbocycles. The fourth-order valence-electron chi connectivity index (χ4n) is 3.09. The Morgan fingerprint density at radius 2 is 1.81 bits per heavy atom. The average Bonchev–Trinajstić information content (AvgIpc) is 2.47. The topological polar surface area (TPSA) is 32.5 Å². The van der Waals surface area contributed by atoms with Crippen LogP contribution in [0, 0.1) is 13.8 Å². The Kier molecular flexibility index (Phi) is 6.07. The summed E-state index contributed by atoms with van der Waals surface area (Å²) in [6.07, 6.45) is 3.70. The zero-order valence-corrected chi connectivity index (χ0v) is 13.9. The summed E-state index contributed by atoms with van der Waals surface area (Å²) in [6.45, 7) is 12.4. The van der Waals surface area contributed by atoms with Crippen molar-refractivity contribution >= 4 is 5.69 Å². The Balaban J connectivity index is 1.77. The van der Waals surface area contributed by atoms with E-state index in [-0.39, 0.29) is 0 Å². The molecule has 1 heterocycles. The number of rotatable bonds is 6. The van der Waals surface area contributed by atoms with E-state index in [4.69, 9.17) is 5.73 Å². The van der Waals surface area contributed by atoms with Gasteiger partial charge in [-0.2, -0.15) is 0 Å². The first-order chi connectivity index (χ1) is 10.1. The molecule has 1 fully saturated rings. The minimum Gasteiger partial charge on any atom is -0.369 e. The lowest BCUT2D eigenvalue weighted by Crippen LogP contribution is -2.46. The molecular weight excluding hydrogens is 258 g/mol. The van der Waals surface area contributed by atoms with Crippen LogP contribution in [0.4, 0.5) is 5.69 Å². The first-order valence-corrected chi connectivity index (χ1v) is 8.37. The summed E-state index contributed by atoms with van der Waals surface area (Å²) in [5.41, 5.74) is 10.1. The molecular formula is C18H31N3. The van der Waals surface area contributed by atoms with Crippen LogP contribution in [-0.4, -0.2) is 43.7 Å². The second-order valence-corrected chi connectivity index (χ2v) is 6.52. The molecule has 2 N–H and O–H groups in total. The maximum atomic E-state index is 5.80. The van der Waals surface area contributed by atoms with Gasteiger partial charge in [-0.3, -0.25) is 4.90 Å². The molecule has 1 aromatic rings. The molecule has 2 rings (SSSR count). The van der Waals surface area contributed by atoms with Crippen LogP contribution in [0.1, 0.15) is 37.3 Å². The van der Waals surface area contributed by atoms with Gasteiger partial charge in [0.15, 0.2) is 0 Å². The largest absolute Gasteiger partial charge is 0.369 e. The number of benzene rings is 1. The van der Waals surface area contributed by atoms with E-state index in [2.05, 4.69) is 48.8 Å². The molecule has 0 bridgehead atoms. The molecule has 0 spiro atoms. The van der Waals surface area contributed by atoms with E-state index >= 15 is 0 Å². The van der Waals surface area contributed by atoms with Crippen molar-refractivity contribution in [3.05, 3.63) is 29.3 Å². The maximum absolute atomic E-state index is 5.80. The number of unbranched alkanes of at least 4 members (excludes halogenated alkanes) is 1. The van der Waals surface area contributed by atoms with Gasteiger partial charge in [0.2, 0.25) is 0 Å². The lowest BCUT2D eigenvalue weighted by atomic mass is 10.1. The molecule has 21 heavy (non-hydrogen) atoms. The van der Waals surface area contributed by atoms with Gasteiger partial charge < -0.3 is 10.6 Å². The molecule has 1 saturated heterocycles. The third-order valence-corrected chi connectivity index (χ3v) is 4.67. The smallest absolute Gasteiger partial charge is 0.0399 e. The van der Waals surface area contributed by atoms with E-state index in [9.17, 15) is 0 Å². The zero-order valence-electron chi connectivity index (χ0n) is 13.9. The molecule has 0 aromatic heterocycles. The highest BCUT2D eigenvalue weighted by Crippen LogP contribution is 2.23. The SMILES string of the molecule is Cc1cccc(N2CCN(CCCCC(C)N)CC2)c1C. The predicted molar refractivity (Wildman–Crippen MR) is 92.1 cm³/mol. The Morgan fingerprint density at radius 1 is 1.10 bits per heavy atom. The van der Waals surface area contributed by atoms with Crippen molar-refractivity contribution in [2.24, 2.45) is 5.73 Å². The highest BCUT2D eigenvalue weighted by atomic mass is 15.3. The first kappa shape index (κ1) is 16.3. The first-order valence-electron chi connectivity index (χ1n) is 8.37. The van der Waals surface area contributed by atoms with Crippen molar-refractivity contribution in [2.75, 3.05) is 37.6 Å². The third-order valence-electron chi connectivity index (χ3n) is 4.67. The van der Waals surface area contributed by atoms with Crippen LogP contribution < -0.4 is 10.6 Å². The number of piperazine rings is 1. The molecule has 1 aromatic carbocycles. The van der Waals surface area contributed by atoms with Crippen LogP contribution >= 0.6 is 0 Å². The van der Waals surface area contributed by atoms with Crippen molar-refractivity contribution in [1.82, 2.24) is 4.90 Å². The van der Waals surface area contributed by atoms with Gasteiger partial charge in [0.25, 0.3) is 0 Å². The highest BCUT2D eigenvalue weighted by Gasteiger charge is 2.18. The molecule has 1 atom stereocenters. The van der Waals surface area contributed by atoms with Gasteiger partial charge in [0, 0.05) is 37.9 Å². The Morgan fingerprint density at radius 3 is 2.48 bits per heavy atom. The minimum atomic E-state index is 0.353. The molecule has 0 radical (unpaired) electrons. The predicted octanol–water partition coefficient (Wildman–Crippen LogP) is 2.94. The Labute approximate surface area is 130 Å². The Bertz CT molecular complexity index is 434. The number of aryl methyl sites for hydroxylation is 1. The van der Waals surface area contributed by atoms with Crippen molar-refractivity contribution in [3.63, 3.8) is 0 Å². The number of nitrogens with zero attached hydrogens (tertiary/aromatic N) is 2. The lowest BCUT2D eigenvalue weighted by Gasteiger charge is -2.37. The second kappa shape index (κ2) is 7.81. The quantitative estimate of drug-likeness (QED) is 0.817. The van der Waals surface area contributed by atoms with Crippen LogP contribution in [0.2, 0.25) is 0 Å². The highest BCUT2D eigenvalue weighted by molar-refractivity contribution is 5.56. The molecule has 0 amide bonds. The van der Waals surface area contributed by atoms with Gasteiger partial charge in [0.1, 0.15) is 0 Å². The molecule has 1 aliphatic rings. The normalized spacial score (nSPS) is 18.0. The van der Waals surface area contributed by atoms with E-state index in [0.29, 0.717) is 6.04 Å². The van der Waals surface area contributed by atoms with Gasteiger partial charge in [-0.25, -0.2) is 0 Å². The summed E-state index contributed by atoms with van der Waals surface area (Å²) in [4.78, 5) is 5.14. The fourth-order valence-corrected chi connectivity index (χ4v) is 3.09. The summed E-state index contributed by atoms with van der Waals surface area (Å²) in [6, 6.07) is 7.00. The molecule has 3 nitrogen and oxygen atoms in total. The summed E-state index contributed by atoms with van der Waals surface area (Å²) < 4.78 is 0. The zero-order chi connectivity index (χ0) is 15.2. The standard InChI is InChI=1S/C18H31N3/c1-15-7-6-9-18(17(15)3)21-13-11-20(12-14-21)10-5-4-8-16(2)19/h6-7,9,16H,4-5,8,10-14,19H2,1-3H3. The molecule has 3 heteroatoms. The average molecular weight is 289 g/mol. The van der Waals surface area contributed by atoms with E-state index in [1.165, 1.54) is 49.3 Å². The lowest BCUT2D eigenvalue weighted by molar-refractivity contribution is 0.251. The van der Waals surface area contributed by atoms with Crippen LogP contribution in [-0.2, 0) is 0 Å². The summed E-state index contributed by atoms with van der Waals surface area (Å²) in [7, 11) is 0. The van der Waals surface area contributed by atoms with Gasteiger partial charge in [-0.1, -0.05) is 18.6 Å².